The first-order chi connectivity index (χ1) is 4.81. The van der Waals surface area contributed by atoms with E-state index in [1.54, 1.807) is 21.5 Å². The van der Waals surface area contributed by atoms with Gasteiger partial charge in [-0.15, -0.1) is 0 Å². The van der Waals surface area contributed by atoms with Crippen molar-refractivity contribution >= 4 is 26.8 Å². The number of hydrogen-bond acceptors (Lipinski definition) is 5. The number of carbonyl (C=O) groups excluding carboxylic acids is 1. The second-order valence-electron chi connectivity index (χ2n) is 1.09. The van der Waals surface area contributed by atoms with Crippen LogP contribution in [0.4, 0.5) is 0 Å². The van der Waals surface area contributed by atoms with Gasteiger partial charge in [0.05, 0.1) is 0 Å². The maximum absolute atomic E-state index is 9.82. The summed E-state index contributed by atoms with van der Waals surface area (Å²) in [7, 11) is -3.97. The van der Waals surface area contributed by atoms with E-state index in [4.69, 9.17) is 18.7 Å². The SMILES string of the molecule is NCC(=O)[O][Au].O=S(=O)(O)S. The molecule has 72 valence electrons. The van der Waals surface area contributed by atoms with Crippen LogP contribution >= 0.6 is 11.7 Å². The van der Waals surface area contributed by atoms with Crippen LogP contribution in [0.15, 0.2) is 0 Å². The Kier molecular flexibility index (Phi) is 9.02. The van der Waals surface area contributed by atoms with E-state index < -0.39 is 15.1 Å². The zero-order valence-electron chi connectivity index (χ0n) is 5.02. The molecule has 0 amide bonds. The predicted octanol–water partition coefficient (Wildman–Crippen LogP) is -1.33. The second kappa shape index (κ2) is 7.10. The Labute approximate surface area is 81.4 Å². The van der Waals surface area contributed by atoms with Gasteiger partial charge in [-0.25, -0.2) is 0 Å². The summed E-state index contributed by atoms with van der Waals surface area (Å²) >= 11 is 4.29. The largest absolute Gasteiger partial charge is 0.316 e. The van der Waals surface area contributed by atoms with Crippen LogP contribution in [0, 0.1) is 0 Å². The molecule has 0 aliphatic rings. The summed E-state index contributed by atoms with van der Waals surface area (Å²) < 4.78 is 29.5. The summed E-state index contributed by atoms with van der Waals surface area (Å²) in [6.07, 6.45) is 0. The number of rotatable bonds is 1. The minimum Gasteiger partial charge on any atom is -0.277 e. The fourth-order valence-electron chi connectivity index (χ4n) is 0.0251. The third-order valence-corrected chi connectivity index (χ3v) is 0.729. The molecule has 0 aromatic carbocycles. The summed E-state index contributed by atoms with van der Waals surface area (Å²) in [5, 5.41) is 0. The van der Waals surface area contributed by atoms with E-state index in [-0.39, 0.29) is 6.54 Å². The molecule has 0 heterocycles. The van der Waals surface area contributed by atoms with Gasteiger partial charge in [0.25, 0.3) is 0 Å². The second-order valence-corrected chi connectivity index (χ2v) is 3.81. The first kappa shape index (κ1) is 14.0. The normalized spacial score (nSPS) is 9.55. The van der Waals surface area contributed by atoms with E-state index in [9.17, 15) is 4.79 Å². The Morgan fingerprint density at radius 3 is 2.00 bits per heavy atom. The first-order valence-electron chi connectivity index (χ1n) is 1.99. The van der Waals surface area contributed by atoms with Gasteiger partial charge in [0, 0.05) is 0 Å². The van der Waals surface area contributed by atoms with E-state index >= 15 is 0 Å². The Hall–Kier alpha value is 0.430. The van der Waals surface area contributed by atoms with Crippen LogP contribution in [0.25, 0.3) is 0 Å². The molecule has 0 spiro atoms. The average Bonchev–Trinajstić information content (AvgIpc) is 1.83. The van der Waals surface area contributed by atoms with Crippen LogP contribution in [0.2, 0.25) is 0 Å². The number of thiol groups is 1. The van der Waals surface area contributed by atoms with Crippen LogP contribution in [-0.4, -0.2) is 25.5 Å². The Morgan fingerprint density at radius 2 is 2.00 bits per heavy atom. The van der Waals surface area contributed by atoms with Crippen molar-refractivity contribution in [1.29, 1.82) is 0 Å². The van der Waals surface area contributed by atoms with Gasteiger partial charge >= 0.3 is 56.9 Å². The third-order valence-electron chi connectivity index (χ3n) is 0.235. The molecule has 0 saturated carbocycles. The number of hydrogen-bond donors (Lipinski definition) is 3. The van der Waals surface area contributed by atoms with Crippen molar-refractivity contribution in [3.63, 3.8) is 0 Å². The first-order valence-corrected chi connectivity index (χ1v) is 5.37. The smallest absolute Gasteiger partial charge is 0.277 e. The molecular weight excluding hydrogens is 379 g/mol. The molecule has 0 aromatic heterocycles. The van der Waals surface area contributed by atoms with E-state index in [2.05, 4.69) is 14.9 Å². The van der Waals surface area contributed by atoms with Crippen LogP contribution in [0.3, 0.4) is 0 Å². The summed E-state index contributed by atoms with van der Waals surface area (Å²) in [5.74, 6) is -0.404. The van der Waals surface area contributed by atoms with Gasteiger partial charge in [-0.3, -0.25) is 4.55 Å². The molecule has 9 heteroatoms. The molecule has 0 rings (SSSR count). The summed E-state index contributed by atoms with van der Waals surface area (Å²) in [5.41, 5.74) is 4.80. The van der Waals surface area contributed by atoms with Gasteiger partial charge in [0.1, 0.15) is 0 Å². The molecule has 6 nitrogen and oxygen atoms in total. The third kappa shape index (κ3) is 37.8. The van der Waals surface area contributed by atoms with Crippen molar-refractivity contribution in [3.8, 4) is 0 Å². The van der Waals surface area contributed by atoms with Crippen LogP contribution in [0.1, 0.15) is 0 Å². The number of nitrogens with two attached hydrogens (primary N) is 1. The number of carbonyl (C=O) groups is 1. The van der Waals surface area contributed by atoms with Crippen molar-refractivity contribution in [1.82, 2.24) is 0 Å². The van der Waals surface area contributed by atoms with Crippen molar-refractivity contribution in [2.75, 3.05) is 6.54 Å². The molecule has 0 fully saturated rings. The van der Waals surface area contributed by atoms with Gasteiger partial charge in [0.2, 0.25) is 0 Å². The fraction of sp³-hybridized carbons (Fsp3) is 0.500. The average molecular weight is 385 g/mol. The zero-order valence-corrected chi connectivity index (χ0v) is 8.90. The predicted molar refractivity (Wildman–Crippen MR) is 35.7 cm³/mol. The molecule has 3 N–H and O–H groups in total. The van der Waals surface area contributed by atoms with Crippen molar-refractivity contribution in [2.45, 2.75) is 0 Å². The fourth-order valence-corrected chi connectivity index (χ4v) is 0.206. The van der Waals surface area contributed by atoms with Gasteiger partial charge in [-0.1, -0.05) is 0 Å². The topological polar surface area (TPSA) is 107 Å². The standard InChI is InChI=1S/C2H5NO2.Au.H2O3S2/c3-1-2(4)5;;1-5(2,3)4/h1,3H2,(H,4,5);;(H2,1,2,3,4)/q;+1;/p-1. The molecule has 0 bridgehead atoms. The van der Waals surface area contributed by atoms with Gasteiger partial charge in [-0.05, 0) is 11.7 Å². The van der Waals surface area contributed by atoms with Crippen LogP contribution in [-0.2, 0) is 38.7 Å². The molecule has 0 atom stereocenters. The van der Waals surface area contributed by atoms with E-state index in [1.807, 2.05) is 0 Å². The molecular formula is C2H6AuNO5S2. The van der Waals surface area contributed by atoms with Crippen LogP contribution < -0.4 is 5.73 Å². The Balaban J connectivity index is 0. The summed E-state index contributed by atoms with van der Waals surface area (Å²) in [6, 6.07) is 0. The quantitative estimate of drug-likeness (QED) is 0.224. The minimum absolute atomic E-state index is 0.0451. The summed E-state index contributed by atoms with van der Waals surface area (Å²) in [6.45, 7) is -0.0451. The maximum atomic E-state index is 9.82. The van der Waals surface area contributed by atoms with E-state index in [1.165, 1.54) is 0 Å². The van der Waals surface area contributed by atoms with Crippen molar-refractivity contribution in [2.24, 2.45) is 5.73 Å². The van der Waals surface area contributed by atoms with Crippen molar-refractivity contribution in [3.05, 3.63) is 0 Å². The summed E-state index contributed by atoms with van der Waals surface area (Å²) in [4.78, 5) is 9.82. The molecule has 0 aliphatic heterocycles. The monoisotopic (exact) mass is 385 g/mol. The zero-order chi connectivity index (χ0) is 9.49. The van der Waals surface area contributed by atoms with Crippen LogP contribution in [0.5, 0.6) is 0 Å². The van der Waals surface area contributed by atoms with Gasteiger partial charge in [-0.2, -0.15) is 8.42 Å². The van der Waals surface area contributed by atoms with Crippen molar-refractivity contribution < 1.29 is 42.5 Å². The Morgan fingerprint density at radius 1 is 1.73 bits per heavy atom. The molecule has 0 saturated heterocycles. The minimum atomic E-state index is -3.97. The molecule has 0 aromatic rings. The van der Waals surface area contributed by atoms with Gasteiger partial charge < -0.3 is 0 Å². The van der Waals surface area contributed by atoms with Gasteiger partial charge in [0.15, 0.2) is 0 Å². The molecule has 0 unspecified atom stereocenters. The maximum Gasteiger partial charge on any atom is 0.316 e. The molecule has 11 heavy (non-hydrogen) atoms. The molecule has 0 aliphatic carbocycles. The van der Waals surface area contributed by atoms with E-state index in [0.717, 1.165) is 0 Å². The molecule has 0 radical (unpaired) electrons. The Bertz CT molecular complexity index is 187. The van der Waals surface area contributed by atoms with E-state index in [0.29, 0.717) is 0 Å².